The first-order valence-electron chi connectivity index (χ1n) is 10.5. The van der Waals surface area contributed by atoms with E-state index < -0.39 is 0 Å². The summed E-state index contributed by atoms with van der Waals surface area (Å²) in [6.07, 6.45) is 3.70. The SMILES string of the molecule is Cc1cc2ccc(-c3nc(Nc4ccc(-c5cn[nH]c5)cc4)c4ccccc4n3)cc2[nH]1. The molecule has 0 saturated carbocycles. The van der Waals surface area contributed by atoms with E-state index in [0.717, 1.165) is 50.3 Å². The second-order valence-corrected chi connectivity index (χ2v) is 7.86. The highest BCUT2D eigenvalue weighted by Crippen LogP contribution is 2.29. The fourth-order valence-electron chi connectivity index (χ4n) is 4.00. The van der Waals surface area contributed by atoms with E-state index in [-0.39, 0.29) is 0 Å². The van der Waals surface area contributed by atoms with E-state index in [2.05, 4.69) is 63.8 Å². The molecule has 0 fully saturated rings. The summed E-state index contributed by atoms with van der Waals surface area (Å²) in [5, 5.41) is 12.5. The van der Waals surface area contributed by atoms with Crippen LogP contribution in [-0.2, 0) is 0 Å². The van der Waals surface area contributed by atoms with Crippen LogP contribution in [-0.4, -0.2) is 25.1 Å². The number of benzene rings is 3. The van der Waals surface area contributed by atoms with Crippen LogP contribution in [0.25, 0.3) is 44.3 Å². The lowest BCUT2D eigenvalue weighted by Crippen LogP contribution is -1.99. The number of anilines is 2. The van der Waals surface area contributed by atoms with E-state index in [1.807, 2.05) is 48.8 Å². The number of aryl methyl sites for hydroxylation is 1. The van der Waals surface area contributed by atoms with Crippen LogP contribution in [0, 0.1) is 6.92 Å². The lowest BCUT2D eigenvalue weighted by Gasteiger charge is -2.12. The molecule has 0 unspecified atom stereocenters. The summed E-state index contributed by atoms with van der Waals surface area (Å²) in [6, 6.07) is 24.7. The topological polar surface area (TPSA) is 82.3 Å². The van der Waals surface area contributed by atoms with Crippen molar-refractivity contribution >= 4 is 33.3 Å². The fraction of sp³-hybridized carbons (Fsp3) is 0.0385. The van der Waals surface area contributed by atoms with Crippen molar-refractivity contribution in [3.05, 3.63) is 90.9 Å². The molecule has 0 saturated heterocycles. The largest absolute Gasteiger partial charge is 0.359 e. The molecule has 0 aliphatic carbocycles. The van der Waals surface area contributed by atoms with E-state index in [1.54, 1.807) is 0 Å². The maximum absolute atomic E-state index is 4.90. The molecule has 0 spiro atoms. The van der Waals surface area contributed by atoms with Gasteiger partial charge in [0.25, 0.3) is 0 Å². The molecule has 154 valence electrons. The minimum atomic E-state index is 0.690. The monoisotopic (exact) mass is 416 g/mol. The summed E-state index contributed by atoms with van der Waals surface area (Å²) in [6.45, 7) is 2.06. The van der Waals surface area contributed by atoms with Gasteiger partial charge < -0.3 is 10.3 Å². The van der Waals surface area contributed by atoms with Gasteiger partial charge in [-0.1, -0.05) is 36.4 Å². The van der Waals surface area contributed by atoms with Crippen LogP contribution in [0.5, 0.6) is 0 Å². The van der Waals surface area contributed by atoms with Crippen LogP contribution in [0.2, 0.25) is 0 Å². The molecule has 0 bridgehead atoms. The minimum absolute atomic E-state index is 0.690. The van der Waals surface area contributed by atoms with Crippen molar-refractivity contribution < 1.29 is 0 Å². The van der Waals surface area contributed by atoms with Gasteiger partial charge in [0.15, 0.2) is 5.82 Å². The summed E-state index contributed by atoms with van der Waals surface area (Å²) in [5.41, 5.74) is 7.22. The Labute approximate surface area is 184 Å². The maximum atomic E-state index is 4.90. The van der Waals surface area contributed by atoms with Gasteiger partial charge in [0.1, 0.15) is 5.82 Å². The molecule has 6 rings (SSSR count). The Bertz CT molecular complexity index is 1550. The molecule has 0 aliphatic heterocycles. The zero-order chi connectivity index (χ0) is 21.5. The molecule has 6 heteroatoms. The minimum Gasteiger partial charge on any atom is -0.359 e. The molecule has 32 heavy (non-hydrogen) atoms. The van der Waals surface area contributed by atoms with Gasteiger partial charge in [-0.2, -0.15) is 5.10 Å². The predicted octanol–water partition coefficient (Wildman–Crippen LogP) is 6.22. The first kappa shape index (κ1) is 18.3. The molecule has 3 aromatic carbocycles. The number of aromatic nitrogens is 5. The Kier molecular flexibility index (Phi) is 4.21. The summed E-state index contributed by atoms with van der Waals surface area (Å²) in [4.78, 5) is 13.1. The van der Waals surface area contributed by atoms with Gasteiger partial charge in [-0.25, -0.2) is 9.97 Å². The third-order valence-corrected chi connectivity index (χ3v) is 5.60. The third kappa shape index (κ3) is 3.28. The van der Waals surface area contributed by atoms with Crippen molar-refractivity contribution in [1.29, 1.82) is 0 Å². The predicted molar refractivity (Wildman–Crippen MR) is 129 cm³/mol. The summed E-state index contributed by atoms with van der Waals surface area (Å²) < 4.78 is 0. The number of nitrogens with zero attached hydrogens (tertiary/aromatic N) is 3. The van der Waals surface area contributed by atoms with Crippen LogP contribution in [0.3, 0.4) is 0 Å². The van der Waals surface area contributed by atoms with Gasteiger partial charge in [-0.3, -0.25) is 5.10 Å². The van der Waals surface area contributed by atoms with Crippen molar-refractivity contribution in [3.63, 3.8) is 0 Å². The lowest BCUT2D eigenvalue weighted by atomic mass is 10.1. The van der Waals surface area contributed by atoms with Gasteiger partial charge in [-0.05, 0) is 54.3 Å². The second-order valence-electron chi connectivity index (χ2n) is 7.86. The molecule has 0 radical (unpaired) electrons. The van der Waals surface area contributed by atoms with Crippen molar-refractivity contribution in [1.82, 2.24) is 25.1 Å². The molecular formula is C26H20N6. The van der Waals surface area contributed by atoms with Gasteiger partial charge in [0.05, 0.1) is 11.7 Å². The molecule has 0 aliphatic rings. The van der Waals surface area contributed by atoms with E-state index >= 15 is 0 Å². The average Bonchev–Trinajstić information content (AvgIpc) is 3.48. The maximum Gasteiger partial charge on any atom is 0.162 e. The molecule has 3 N–H and O–H groups in total. The first-order chi connectivity index (χ1) is 15.7. The third-order valence-electron chi connectivity index (χ3n) is 5.60. The standard InChI is InChI=1S/C26H20N6/c1-16-12-18-6-7-19(13-24(18)29-16)25-31-23-5-3-2-4-22(23)26(32-25)30-21-10-8-17(9-11-21)20-14-27-28-15-20/h2-15,29H,1H3,(H,27,28)(H,30,31,32). The number of H-pyrrole nitrogens is 2. The quantitative estimate of drug-likeness (QED) is 0.319. The Morgan fingerprint density at radius 3 is 2.50 bits per heavy atom. The smallest absolute Gasteiger partial charge is 0.162 e. The zero-order valence-electron chi connectivity index (χ0n) is 17.4. The summed E-state index contributed by atoms with van der Waals surface area (Å²) >= 11 is 0. The highest BCUT2D eigenvalue weighted by Gasteiger charge is 2.11. The normalized spacial score (nSPS) is 11.3. The molecule has 6 nitrogen and oxygen atoms in total. The van der Waals surface area contributed by atoms with E-state index in [1.165, 1.54) is 5.39 Å². The van der Waals surface area contributed by atoms with E-state index in [0.29, 0.717) is 5.82 Å². The van der Waals surface area contributed by atoms with Crippen molar-refractivity contribution in [2.45, 2.75) is 6.92 Å². The number of nitrogens with one attached hydrogen (secondary N) is 3. The number of aromatic amines is 2. The summed E-state index contributed by atoms with van der Waals surface area (Å²) in [7, 11) is 0. The van der Waals surface area contributed by atoms with Crippen molar-refractivity contribution in [2.24, 2.45) is 0 Å². The number of rotatable bonds is 4. The van der Waals surface area contributed by atoms with Crippen LogP contribution >= 0.6 is 0 Å². The summed E-state index contributed by atoms with van der Waals surface area (Å²) in [5.74, 6) is 1.47. The molecule has 3 heterocycles. The molecule has 0 amide bonds. The zero-order valence-corrected chi connectivity index (χ0v) is 17.4. The van der Waals surface area contributed by atoms with Crippen LogP contribution in [0.4, 0.5) is 11.5 Å². The Balaban J connectivity index is 1.41. The number of hydrogen-bond donors (Lipinski definition) is 3. The van der Waals surface area contributed by atoms with E-state index in [9.17, 15) is 0 Å². The molecular weight excluding hydrogens is 396 g/mol. The number of hydrogen-bond acceptors (Lipinski definition) is 4. The Hall–Kier alpha value is -4.45. The first-order valence-corrected chi connectivity index (χ1v) is 10.5. The number of fused-ring (bicyclic) bond motifs is 2. The molecule has 6 aromatic rings. The number of para-hydroxylation sites is 1. The van der Waals surface area contributed by atoms with Crippen LogP contribution < -0.4 is 5.32 Å². The highest BCUT2D eigenvalue weighted by molar-refractivity contribution is 5.93. The van der Waals surface area contributed by atoms with Gasteiger partial charge in [0.2, 0.25) is 0 Å². The van der Waals surface area contributed by atoms with Crippen molar-refractivity contribution in [2.75, 3.05) is 5.32 Å². The Morgan fingerprint density at radius 2 is 1.66 bits per heavy atom. The Morgan fingerprint density at radius 1 is 0.812 bits per heavy atom. The van der Waals surface area contributed by atoms with Gasteiger partial charge >= 0.3 is 0 Å². The van der Waals surface area contributed by atoms with Crippen LogP contribution in [0.1, 0.15) is 5.69 Å². The lowest BCUT2D eigenvalue weighted by molar-refractivity contribution is 1.09. The second kappa shape index (κ2) is 7.35. The van der Waals surface area contributed by atoms with Crippen molar-refractivity contribution in [3.8, 4) is 22.5 Å². The highest BCUT2D eigenvalue weighted by atomic mass is 15.1. The van der Waals surface area contributed by atoms with Gasteiger partial charge in [0, 0.05) is 39.6 Å². The average molecular weight is 416 g/mol. The fourth-order valence-corrected chi connectivity index (χ4v) is 4.00. The molecule has 3 aromatic heterocycles. The van der Waals surface area contributed by atoms with E-state index in [4.69, 9.17) is 9.97 Å². The molecule has 0 atom stereocenters. The van der Waals surface area contributed by atoms with Gasteiger partial charge in [-0.15, -0.1) is 0 Å². The van der Waals surface area contributed by atoms with Crippen LogP contribution in [0.15, 0.2) is 85.2 Å².